The van der Waals surface area contributed by atoms with Gasteiger partial charge in [-0.1, -0.05) is 41.9 Å². The summed E-state index contributed by atoms with van der Waals surface area (Å²) >= 11 is 6.02. The first-order valence-corrected chi connectivity index (χ1v) is 8.31. The molecule has 1 heterocycles. The molecular weight excluding hydrogens is 322 g/mol. The molecule has 0 saturated heterocycles. The first kappa shape index (κ1) is 14.8. The van der Waals surface area contributed by atoms with Crippen LogP contribution in [-0.4, -0.2) is 18.6 Å². The summed E-state index contributed by atoms with van der Waals surface area (Å²) in [5.41, 5.74) is 2.53. The van der Waals surface area contributed by atoms with Gasteiger partial charge in [0.1, 0.15) is 5.69 Å². The number of hydrogen-bond acceptors (Lipinski definition) is 3. The van der Waals surface area contributed by atoms with Crippen LogP contribution in [0.15, 0.2) is 59.6 Å². The fraction of sp³-hybridized carbons (Fsp3) is 0. The molecule has 0 amide bonds. The second kappa shape index (κ2) is 5.57. The molecule has 0 aliphatic heterocycles. The number of nitrogens with one attached hydrogen (secondary N) is 1. The number of hydrogen-bond donors (Lipinski definition) is 2. The van der Waals surface area contributed by atoms with Crippen molar-refractivity contribution < 1.29 is 8.42 Å². The highest BCUT2D eigenvalue weighted by Gasteiger charge is 2.19. The Morgan fingerprint density at radius 1 is 1.05 bits per heavy atom. The highest BCUT2D eigenvalue weighted by molar-refractivity contribution is 7.89. The third-order valence-electron chi connectivity index (χ3n) is 3.22. The summed E-state index contributed by atoms with van der Waals surface area (Å²) in [5, 5.41) is 12.8. The third kappa shape index (κ3) is 2.76. The van der Waals surface area contributed by atoms with Crippen molar-refractivity contribution >= 4 is 21.6 Å². The van der Waals surface area contributed by atoms with Gasteiger partial charge in [-0.05, 0) is 23.8 Å². The van der Waals surface area contributed by atoms with Crippen LogP contribution in [0.4, 0.5) is 0 Å². The van der Waals surface area contributed by atoms with Gasteiger partial charge in [0, 0.05) is 22.3 Å². The van der Waals surface area contributed by atoms with Crippen molar-refractivity contribution in [3.8, 4) is 22.4 Å². The average molecular weight is 334 g/mol. The lowest BCUT2D eigenvalue weighted by molar-refractivity contribution is 0.598. The summed E-state index contributed by atoms with van der Waals surface area (Å²) in [6, 6.07) is 13.7. The number of aromatic nitrogens is 2. The largest absolute Gasteiger partial charge is 0.284 e. The number of sulfonamides is 1. The number of nitrogens with two attached hydrogens (primary N) is 1. The summed E-state index contributed by atoms with van der Waals surface area (Å²) in [5.74, 6) is 0. The predicted molar refractivity (Wildman–Crippen MR) is 85.8 cm³/mol. The summed E-state index contributed by atoms with van der Waals surface area (Å²) in [7, 11) is -3.85. The summed E-state index contributed by atoms with van der Waals surface area (Å²) in [6.07, 6.45) is 1.70. The second-order valence-electron chi connectivity index (χ2n) is 4.70. The molecule has 0 radical (unpaired) electrons. The molecule has 0 atom stereocenters. The van der Waals surface area contributed by atoms with Gasteiger partial charge in [-0.15, -0.1) is 0 Å². The van der Waals surface area contributed by atoms with E-state index in [9.17, 15) is 8.42 Å². The van der Waals surface area contributed by atoms with Crippen molar-refractivity contribution in [1.29, 1.82) is 0 Å². The van der Waals surface area contributed by atoms with E-state index in [1.54, 1.807) is 36.5 Å². The van der Waals surface area contributed by atoms with Crippen molar-refractivity contribution in [1.82, 2.24) is 10.2 Å². The fourth-order valence-electron chi connectivity index (χ4n) is 2.28. The monoisotopic (exact) mass is 333 g/mol. The molecule has 0 aliphatic carbocycles. The van der Waals surface area contributed by atoms with Crippen molar-refractivity contribution in [2.24, 2.45) is 5.14 Å². The van der Waals surface area contributed by atoms with Gasteiger partial charge in [0.2, 0.25) is 10.0 Å². The zero-order chi connectivity index (χ0) is 15.7. The van der Waals surface area contributed by atoms with Crippen LogP contribution in [0.25, 0.3) is 22.4 Å². The Bertz CT molecular complexity index is 935. The molecule has 0 unspecified atom stereocenters. The van der Waals surface area contributed by atoms with Gasteiger partial charge in [0.15, 0.2) is 0 Å². The van der Waals surface area contributed by atoms with E-state index in [0.29, 0.717) is 16.3 Å². The normalized spacial score (nSPS) is 11.5. The van der Waals surface area contributed by atoms with Crippen LogP contribution in [0.3, 0.4) is 0 Å². The fourth-order valence-corrected chi connectivity index (χ4v) is 3.21. The standard InChI is InChI=1S/C15H12ClN3O2S/c16-11-5-3-4-10(8-11)13-9-18-19-15(13)12-6-1-2-7-14(12)22(17,20)21/h1-9H,(H,18,19)(H2,17,20,21). The van der Waals surface area contributed by atoms with E-state index in [0.717, 1.165) is 11.1 Å². The smallest absolute Gasteiger partial charge is 0.238 e. The molecule has 3 rings (SSSR count). The van der Waals surface area contributed by atoms with Gasteiger partial charge in [-0.2, -0.15) is 5.10 Å². The Labute approximate surface area is 132 Å². The minimum atomic E-state index is -3.85. The number of aromatic amines is 1. The molecule has 2 aromatic carbocycles. The first-order valence-electron chi connectivity index (χ1n) is 6.39. The molecule has 0 saturated carbocycles. The van der Waals surface area contributed by atoms with Crippen molar-refractivity contribution in [2.75, 3.05) is 0 Å². The molecule has 5 nitrogen and oxygen atoms in total. The number of benzene rings is 2. The molecule has 0 spiro atoms. The van der Waals surface area contributed by atoms with Crippen LogP contribution in [0, 0.1) is 0 Å². The summed E-state index contributed by atoms with van der Waals surface area (Å²) < 4.78 is 23.5. The van der Waals surface area contributed by atoms with Gasteiger partial charge in [-0.3, -0.25) is 5.10 Å². The number of halogens is 1. The second-order valence-corrected chi connectivity index (χ2v) is 6.67. The van der Waals surface area contributed by atoms with E-state index in [2.05, 4.69) is 10.2 Å². The lowest BCUT2D eigenvalue weighted by Gasteiger charge is -2.08. The quantitative estimate of drug-likeness (QED) is 0.772. The number of rotatable bonds is 3. The topological polar surface area (TPSA) is 88.8 Å². The Kier molecular flexibility index (Phi) is 3.74. The van der Waals surface area contributed by atoms with Gasteiger partial charge < -0.3 is 0 Å². The molecule has 112 valence electrons. The Hall–Kier alpha value is -2.15. The molecule has 0 fully saturated rings. The van der Waals surface area contributed by atoms with Crippen LogP contribution in [-0.2, 0) is 10.0 Å². The number of primary sulfonamides is 1. The number of H-pyrrole nitrogens is 1. The lowest BCUT2D eigenvalue weighted by atomic mass is 10.0. The maximum absolute atomic E-state index is 11.8. The van der Waals surface area contributed by atoms with Gasteiger partial charge in [0.05, 0.1) is 4.90 Å². The van der Waals surface area contributed by atoms with Gasteiger partial charge >= 0.3 is 0 Å². The number of nitrogens with zero attached hydrogens (tertiary/aromatic N) is 1. The molecule has 7 heteroatoms. The molecular formula is C15H12ClN3O2S. The zero-order valence-electron chi connectivity index (χ0n) is 11.3. The van der Waals surface area contributed by atoms with E-state index in [1.165, 1.54) is 6.07 Å². The van der Waals surface area contributed by atoms with Crippen molar-refractivity contribution in [3.05, 3.63) is 59.8 Å². The zero-order valence-corrected chi connectivity index (χ0v) is 12.9. The maximum Gasteiger partial charge on any atom is 0.238 e. The Morgan fingerprint density at radius 3 is 2.55 bits per heavy atom. The van der Waals surface area contributed by atoms with Crippen LogP contribution >= 0.6 is 11.6 Å². The van der Waals surface area contributed by atoms with Crippen LogP contribution < -0.4 is 5.14 Å². The van der Waals surface area contributed by atoms with E-state index < -0.39 is 10.0 Å². The molecule has 0 bridgehead atoms. The Balaban J connectivity index is 2.23. The SMILES string of the molecule is NS(=O)(=O)c1ccccc1-c1n[nH]cc1-c1cccc(Cl)c1. The van der Waals surface area contributed by atoms with Gasteiger partial charge in [-0.25, -0.2) is 13.6 Å². The third-order valence-corrected chi connectivity index (χ3v) is 4.43. The molecule has 3 N–H and O–H groups in total. The highest BCUT2D eigenvalue weighted by Crippen LogP contribution is 2.34. The van der Waals surface area contributed by atoms with Crippen LogP contribution in [0.2, 0.25) is 5.02 Å². The summed E-state index contributed by atoms with van der Waals surface area (Å²) in [6.45, 7) is 0. The van der Waals surface area contributed by atoms with E-state index in [1.807, 2.05) is 12.1 Å². The van der Waals surface area contributed by atoms with Crippen LogP contribution in [0.5, 0.6) is 0 Å². The van der Waals surface area contributed by atoms with E-state index in [4.69, 9.17) is 16.7 Å². The van der Waals surface area contributed by atoms with E-state index in [-0.39, 0.29) is 4.90 Å². The minimum Gasteiger partial charge on any atom is -0.284 e. The van der Waals surface area contributed by atoms with Crippen molar-refractivity contribution in [3.63, 3.8) is 0 Å². The van der Waals surface area contributed by atoms with Gasteiger partial charge in [0.25, 0.3) is 0 Å². The molecule has 1 aromatic heterocycles. The van der Waals surface area contributed by atoms with Crippen LogP contribution in [0.1, 0.15) is 0 Å². The van der Waals surface area contributed by atoms with Crippen molar-refractivity contribution in [2.45, 2.75) is 4.90 Å². The van der Waals surface area contributed by atoms with E-state index >= 15 is 0 Å². The maximum atomic E-state index is 11.8. The molecule has 0 aliphatic rings. The highest BCUT2D eigenvalue weighted by atomic mass is 35.5. The molecule has 3 aromatic rings. The lowest BCUT2D eigenvalue weighted by Crippen LogP contribution is -2.13. The first-order chi connectivity index (χ1) is 10.5. The minimum absolute atomic E-state index is 0.0328. The average Bonchev–Trinajstić information content (AvgIpc) is 2.95. The molecule has 22 heavy (non-hydrogen) atoms. The Morgan fingerprint density at radius 2 is 1.82 bits per heavy atom. The predicted octanol–water partition coefficient (Wildman–Crippen LogP) is 3.04. The summed E-state index contributed by atoms with van der Waals surface area (Å²) in [4.78, 5) is 0.0328.